The number of alkyl halides is 3. The number of hydrogen-bond donors (Lipinski definition) is 1. The van der Waals surface area contributed by atoms with E-state index >= 15 is 0 Å². The molecule has 0 aliphatic carbocycles. The number of aliphatic hydroxyl groups excluding tert-OH is 1. The van der Waals surface area contributed by atoms with Crippen LogP contribution in [0.2, 0.25) is 0 Å². The third kappa shape index (κ3) is 4.31. The first-order valence-electron chi connectivity index (χ1n) is 5.89. The Bertz CT molecular complexity index is 419. The quantitative estimate of drug-likeness (QED) is 0.897. The molecule has 3 nitrogen and oxygen atoms in total. The zero-order chi connectivity index (χ0) is 14.6. The van der Waals surface area contributed by atoms with Crippen LogP contribution in [0.5, 0.6) is 5.75 Å². The third-order valence-corrected chi connectivity index (χ3v) is 2.82. The normalized spacial score (nSPS) is 13.2. The predicted octanol–water partition coefficient (Wildman–Crippen LogP) is 3.14. The summed E-state index contributed by atoms with van der Waals surface area (Å²) in [6, 6.07) is 5.02. The van der Waals surface area contributed by atoms with E-state index in [4.69, 9.17) is 4.74 Å². The SMILES string of the molecule is COc1cccc(N(C)CCC(F)(F)F)c1[C@H](C)O. The number of rotatable bonds is 5. The van der Waals surface area contributed by atoms with E-state index < -0.39 is 18.7 Å². The Morgan fingerprint density at radius 1 is 1.37 bits per heavy atom. The number of aliphatic hydroxyl groups is 1. The van der Waals surface area contributed by atoms with Gasteiger partial charge >= 0.3 is 6.18 Å². The van der Waals surface area contributed by atoms with E-state index in [-0.39, 0.29) is 6.54 Å². The number of halogens is 3. The van der Waals surface area contributed by atoms with E-state index in [9.17, 15) is 18.3 Å². The van der Waals surface area contributed by atoms with E-state index in [0.29, 0.717) is 17.0 Å². The van der Waals surface area contributed by atoms with Gasteiger partial charge in [-0.3, -0.25) is 0 Å². The second kappa shape index (κ2) is 6.14. The molecule has 0 fully saturated rings. The second-order valence-corrected chi connectivity index (χ2v) is 4.36. The van der Waals surface area contributed by atoms with Crippen LogP contribution in [0, 0.1) is 0 Å². The summed E-state index contributed by atoms with van der Waals surface area (Å²) in [5.41, 5.74) is 1.04. The van der Waals surface area contributed by atoms with Crippen molar-refractivity contribution in [3.63, 3.8) is 0 Å². The first-order chi connectivity index (χ1) is 8.76. The molecule has 1 aromatic rings. The topological polar surface area (TPSA) is 32.7 Å². The molecule has 108 valence electrons. The van der Waals surface area contributed by atoms with Gasteiger partial charge in [-0.15, -0.1) is 0 Å². The maximum absolute atomic E-state index is 12.2. The molecule has 0 saturated heterocycles. The zero-order valence-corrected chi connectivity index (χ0v) is 11.2. The van der Waals surface area contributed by atoms with E-state index in [2.05, 4.69) is 0 Å². The predicted molar refractivity (Wildman–Crippen MR) is 67.6 cm³/mol. The highest BCUT2D eigenvalue weighted by Crippen LogP contribution is 2.34. The van der Waals surface area contributed by atoms with Crippen molar-refractivity contribution < 1.29 is 23.0 Å². The van der Waals surface area contributed by atoms with Gasteiger partial charge in [0.15, 0.2) is 0 Å². The molecule has 0 spiro atoms. The van der Waals surface area contributed by atoms with Gasteiger partial charge in [-0.05, 0) is 19.1 Å². The van der Waals surface area contributed by atoms with Crippen molar-refractivity contribution in [3.05, 3.63) is 23.8 Å². The number of ether oxygens (including phenoxy) is 1. The fraction of sp³-hybridized carbons (Fsp3) is 0.538. The molecular formula is C13H18F3NO2. The summed E-state index contributed by atoms with van der Waals surface area (Å²) in [6.07, 6.45) is -5.92. The highest BCUT2D eigenvalue weighted by molar-refractivity contribution is 5.60. The highest BCUT2D eigenvalue weighted by Gasteiger charge is 2.28. The molecule has 19 heavy (non-hydrogen) atoms. The number of methoxy groups -OCH3 is 1. The molecule has 0 radical (unpaired) electrons. The maximum atomic E-state index is 12.2. The Balaban J connectivity index is 2.99. The zero-order valence-electron chi connectivity index (χ0n) is 11.2. The Morgan fingerprint density at radius 3 is 2.47 bits per heavy atom. The maximum Gasteiger partial charge on any atom is 0.390 e. The number of anilines is 1. The van der Waals surface area contributed by atoms with Crippen LogP contribution in [0.1, 0.15) is 25.0 Å². The van der Waals surface area contributed by atoms with Gasteiger partial charge in [0, 0.05) is 24.8 Å². The summed E-state index contributed by atoms with van der Waals surface area (Å²) in [5.74, 6) is 0.464. The lowest BCUT2D eigenvalue weighted by Gasteiger charge is -2.25. The van der Waals surface area contributed by atoms with Crippen LogP contribution in [-0.2, 0) is 0 Å². The fourth-order valence-corrected chi connectivity index (χ4v) is 1.88. The van der Waals surface area contributed by atoms with Gasteiger partial charge in [-0.1, -0.05) is 6.07 Å². The molecule has 1 N–H and O–H groups in total. The van der Waals surface area contributed by atoms with Crippen LogP contribution < -0.4 is 9.64 Å². The monoisotopic (exact) mass is 277 g/mol. The van der Waals surface area contributed by atoms with Crippen LogP contribution in [0.3, 0.4) is 0 Å². The molecular weight excluding hydrogens is 259 g/mol. The van der Waals surface area contributed by atoms with E-state index in [1.165, 1.54) is 12.0 Å². The summed E-state index contributed by atoms with van der Waals surface area (Å²) in [4.78, 5) is 1.47. The molecule has 0 amide bonds. The van der Waals surface area contributed by atoms with Crippen LogP contribution >= 0.6 is 0 Å². The van der Waals surface area contributed by atoms with Gasteiger partial charge in [0.25, 0.3) is 0 Å². The summed E-state index contributed by atoms with van der Waals surface area (Å²) >= 11 is 0. The molecule has 0 aliphatic heterocycles. The summed E-state index contributed by atoms with van der Waals surface area (Å²) in [5, 5.41) is 9.76. The fourth-order valence-electron chi connectivity index (χ4n) is 1.88. The van der Waals surface area contributed by atoms with Gasteiger partial charge in [-0.2, -0.15) is 13.2 Å². The molecule has 1 aromatic carbocycles. The average molecular weight is 277 g/mol. The van der Waals surface area contributed by atoms with Crippen molar-refractivity contribution >= 4 is 5.69 Å². The largest absolute Gasteiger partial charge is 0.496 e. The molecule has 0 saturated carbocycles. The smallest absolute Gasteiger partial charge is 0.390 e. The van der Waals surface area contributed by atoms with E-state index in [1.807, 2.05) is 0 Å². The Morgan fingerprint density at radius 2 is 2.00 bits per heavy atom. The summed E-state index contributed by atoms with van der Waals surface area (Å²) in [6.45, 7) is 1.38. The Kier molecular flexibility index (Phi) is 5.05. The minimum atomic E-state index is -4.20. The van der Waals surface area contributed by atoms with Crippen LogP contribution in [0.25, 0.3) is 0 Å². The van der Waals surface area contributed by atoms with Gasteiger partial charge in [-0.25, -0.2) is 0 Å². The standard InChI is InChI=1S/C13H18F3NO2/c1-9(18)12-10(5-4-6-11(12)19-3)17(2)8-7-13(14,15)16/h4-6,9,18H,7-8H2,1-3H3/t9-/m0/s1. The molecule has 1 atom stereocenters. The van der Waals surface area contributed by atoms with Crippen LogP contribution in [0.4, 0.5) is 18.9 Å². The lowest BCUT2D eigenvalue weighted by Crippen LogP contribution is -2.25. The molecule has 1 rings (SSSR count). The van der Waals surface area contributed by atoms with Crippen molar-refractivity contribution in [1.29, 1.82) is 0 Å². The van der Waals surface area contributed by atoms with Crippen molar-refractivity contribution in [2.75, 3.05) is 25.6 Å². The van der Waals surface area contributed by atoms with Crippen molar-refractivity contribution in [1.82, 2.24) is 0 Å². The molecule has 0 heterocycles. The summed E-state index contributed by atoms with van der Waals surface area (Å²) < 4.78 is 41.8. The van der Waals surface area contributed by atoms with Gasteiger partial charge < -0.3 is 14.7 Å². The van der Waals surface area contributed by atoms with Gasteiger partial charge in [0.2, 0.25) is 0 Å². The van der Waals surface area contributed by atoms with Crippen molar-refractivity contribution in [2.45, 2.75) is 25.6 Å². The molecule has 0 aliphatic rings. The van der Waals surface area contributed by atoms with Crippen molar-refractivity contribution in [2.24, 2.45) is 0 Å². The summed E-state index contributed by atoms with van der Waals surface area (Å²) in [7, 11) is 3.02. The second-order valence-electron chi connectivity index (χ2n) is 4.36. The Labute approximate surface area is 110 Å². The third-order valence-electron chi connectivity index (χ3n) is 2.82. The molecule has 6 heteroatoms. The molecule has 0 aromatic heterocycles. The van der Waals surface area contributed by atoms with Gasteiger partial charge in [0.1, 0.15) is 5.75 Å². The molecule has 0 bridgehead atoms. The number of nitrogens with zero attached hydrogens (tertiary/aromatic N) is 1. The minimum Gasteiger partial charge on any atom is -0.496 e. The molecule has 0 unspecified atom stereocenters. The number of benzene rings is 1. The number of hydrogen-bond acceptors (Lipinski definition) is 3. The van der Waals surface area contributed by atoms with Crippen LogP contribution in [-0.4, -0.2) is 32.0 Å². The van der Waals surface area contributed by atoms with Crippen LogP contribution in [0.15, 0.2) is 18.2 Å². The lowest BCUT2D eigenvalue weighted by molar-refractivity contribution is -0.132. The Hall–Kier alpha value is -1.43. The van der Waals surface area contributed by atoms with Gasteiger partial charge in [0.05, 0.1) is 19.6 Å². The lowest BCUT2D eigenvalue weighted by atomic mass is 10.1. The first kappa shape index (κ1) is 15.6. The highest BCUT2D eigenvalue weighted by atomic mass is 19.4. The van der Waals surface area contributed by atoms with E-state index in [1.54, 1.807) is 32.2 Å². The first-order valence-corrected chi connectivity index (χ1v) is 5.89. The average Bonchev–Trinajstić information content (AvgIpc) is 2.33. The minimum absolute atomic E-state index is 0.170. The van der Waals surface area contributed by atoms with E-state index in [0.717, 1.165) is 0 Å². The van der Waals surface area contributed by atoms with Crippen molar-refractivity contribution in [3.8, 4) is 5.75 Å².